The lowest BCUT2D eigenvalue weighted by Crippen LogP contribution is -2.36. The average Bonchev–Trinajstić information content (AvgIpc) is 2.28. The van der Waals surface area contributed by atoms with Gasteiger partial charge in [0.05, 0.1) is 13.3 Å². The molecule has 0 aliphatic heterocycles. The molecule has 4 heteroatoms. The maximum atomic E-state index is 5.64. The van der Waals surface area contributed by atoms with Crippen molar-refractivity contribution in [3.63, 3.8) is 0 Å². The zero-order chi connectivity index (χ0) is 12.9. The smallest absolute Gasteiger partial charge is 0.137 e. The summed E-state index contributed by atoms with van der Waals surface area (Å²) >= 11 is 0. The molecule has 1 aromatic heterocycles. The van der Waals surface area contributed by atoms with Crippen LogP contribution in [0, 0.1) is 5.41 Å². The number of aromatic nitrogens is 1. The van der Waals surface area contributed by atoms with Gasteiger partial charge in [0.1, 0.15) is 11.6 Å². The van der Waals surface area contributed by atoms with Crippen LogP contribution in [0.25, 0.3) is 0 Å². The highest BCUT2D eigenvalue weighted by molar-refractivity contribution is 5.38. The summed E-state index contributed by atoms with van der Waals surface area (Å²) in [6.07, 6.45) is 2.64. The Bertz CT molecular complexity index is 330. The monoisotopic (exact) mass is 237 g/mol. The Balaban J connectivity index is 2.72. The Labute approximate surface area is 104 Å². The third-order valence-electron chi connectivity index (χ3n) is 2.79. The zero-order valence-corrected chi connectivity index (χ0v) is 11.2. The minimum atomic E-state index is 0.154. The fourth-order valence-corrected chi connectivity index (χ4v) is 1.65. The Morgan fingerprint density at radius 1 is 1.41 bits per heavy atom. The number of pyridine rings is 1. The molecule has 0 aromatic carbocycles. The Morgan fingerprint density at radius 3 is 2.53 bits per heavy atom. The van der Waals surface area contributed by atoms with Gasteiger partial charge in [-0.25, -0.2) is 4.98 Å². The van der Waals surface area contributed by atoms with E-state index >= 15 is 0 Å². The first-order chi connectivity index (χ1) is 7.97. The van der Waals surface area contributed by atoms with Crippen molar-refractivity contribution >= 4 is 5.82 Å². The molecule has 4 nitrogen and oxygen atoms in total. The molecule has 1 aromatic rings. The lowest BCUT2D eigenvalue weighted by molar-refractivity contribution is 0.328. The lowest BCUT2D eigenvalue weighted by atomic mass is 9.85. The number of ether oxygens (including phenoxy) is 1. The largest absolute Gasteiger partial charge is 0.495 e. The van der Waals surface area contributed by atoms with E-state index in [4.69, 9.17) is 10.5 Å². The van der Waals surface area contributed by atoms with Gasteiger partial charge in [0.2, 0.25) is 0 Å². The molecule has 0 bridgehead atoms. The fourth-order valence-electron chi connectivity index (χ4n) is 1.65. The highest BCUT2D eigenvalue weighted by atomic mass is 16.5. The van der Waals surface area contributed by atoms with Gasteiger partial charge in [0, 0.05) is 6.04 Å². The van der Waals surface area contributed by atoms with E-state index in [9.17, 15) is 0 Å². The summed E-state index contributed by atoms with van der Waals surface area (Å²) in [6.45, 7) is 7.27. The summed E-state index contributed by atoms with van der Waals surface area (Å²) in [6, 6.07) is 4.14. The van der Waals surface area contributed by atoms with Crippen molar-refractivity contribution < 1.29 is 4.74 Å². The quantitative estimate of drug-likeness (QED) is 0.824. The first-order valence-corrected chi connectivity index (χ1v) is 5.94. The number of nitrogens with one attached hydrogen (secondary N) is 1. The molecule has 3 N–H and O–H groups in total. The van der Waals surface area contributed by atoms with Crippen LogP contribution < -0.4 is 15.8 Å². The second-order valence-corrected chi connectivity index (χ2v) is 5.22. The number of methoxy groups -OCH3 is 1. The van der Waals surface area contributed by atoms with Crippen molar-refractivity contribution in [2.24, 2.45) is 11.1 Å². The number of nitrogens with zero attached hydrogens (tertiary/aromatic N) is 1. The molecule has 17 heavy (non-hydrogen) atoms. The predicted molar refractivity (Wildman–Crippen MR) is 71.3 cm³/mol. The molecule has 96 valence electrons. The Hall–Kier alpha value is -1.29. The molecule has 0 amide bonds. The third-order valence-corrected chi connectivity index (χ3v) is 2.79. The van der Waals surface area contributed by atoms with Crippen LogP contribution in [0.3, 0.4) is 0 Å². The second-order valence-electron chi connectivity index (χ2n) is 5.22. The second kappa shape index (κ2) is 5.87. The van der Waals surface area contributed by atoms with Crippen LogP contribution in [0.2, 0.25) is 0 Å². The Kier molecular flexibility index (Phi) is 4.75. The van der Waals surface area contributed by atoms with Gasteiger partial charge in [-0.3, -0.25) is 0 Å². The molecular formula is C13H23N3O. The maximum Gasteiger partial charge on any atom is 0.137 e. The molecule has 1 atom stereocenters. The van der Waals surface area contributed by atoms with Gasteiger partial charge in [0.25, 0.3) is 0 Å². The number of anilines is 1. The van der Waals surface area contributed by atoms with Crippen LogP contribution in [-0.2, 0) is 0 Å². The van der Waals surface area contributed by atoms with Crippen LogP contribution >= 0.6 is 0 Å². The molecule has 0 aliphatic carbocycles. The van der Waals surface area contributed by atoms with Crippen molar-refractivity contribution in [2.45, 2.75) is 33.2 Å². The van der Waals surface area contributed by atoms with Gasteiger partial charge >= 0.3 is 0 Å². The van der Waals surface area contributed by atoms with Gasteiger partial charge in [-0.15, -0.1) is 0 Å². The molecule has 0 aliphatic rings. The molecular weight excluding hydrogens is 214 g/mol. The van der Waals surface area contributed by atoms with Gasteiger partial charge in [-0.05, 0) is 30.5 Å². The van der Waals surface area contributed by atoms with E-state index < -0.39 is 0 Å². The van der Waals surface area contributed by atoms with Crippen molar-refractivity contribution in [1.82, 2.24) is 4.98 Å². The van der Waals surface area contributed by atoms with Gasteiger partial charge < -0.3 is 15.8 Å². The van der Waals surface area contributed by atoms with E-state index in [-0.39, 0.29) is 5.41 Å². The molecule has 0 saturated heterocycles. The molecule has 0 spiro atoms. The van der Waals surface area contributed by atoms with Gasteiger partial charge in [-0.1, -0.05) is 20.8 Å². The van der Waals surface area contributed by atoms with Crippen molar-refractivity contribution in [3.05, 3.63) is 18.3 Å². The molecule has 0 saturated carbocycles. The van der Waals surface area contributed by atoms with Crippen molar-refractivity contribution in [2.75, 3.05) is 19.0 Å². The number of hydrogen-bond donors (Lipinski definition) is 2. The molecule has 0 radical (unpaired) electrons. The third kappa shape index (κ3) is 4.23. The summed E-state index contributed by atoms with van der Waals surface area (Å²) in [4.78, 5) is 4.31. The van der Waals surface area contributed by atoms with E-state index in [0.717, 1.165) is 18.0 Å². The number of nitrogens with two attached hydrogens (primary N) is 1. The Morgan fingerprint density at radius 2 is 2.12 bits per heavy atom. The minimum Gasteiger partial charge on any atom is -0.495 e. The molecule has 1 unspecified atom stereocenters. The zero-order valence-electron chi connectivity index (χ0n) is 11.2. The average molecular weight is 237 g/mol. The van der Waals surface area contributed by atoms with E-state index in [2.05, 4.69) is 31.1 Å². The highest BCUT2D eigenvalue weighted by Gasteiger charge is 2.23. The fraction of sp³-hybridized carbons (Fsp3) is 0.615. The normalized spacial score (nSPS) is 13.2. The minimum absolute atomic E-state index is 0.154. The van der Waals surface area contributed by atoms with Crippen LogP contribution in [-0.4, -0.2) is 24.7 Å². The summed E-state index contributed by atoms with van der Waals surface area (Å²) < 4.78 is 5.08. The molecule has 1 heterocycles. The summed E-state index contributed by atoms with van der Waals surface area (Å²) in [7, 11) is 1.64. The van der Waals surface area contributed by atoms with Crippen LogP contribution in [0.5, 0.6) is 5.75 Å². The standard InChI is InChI=1S/C13H23N3O/c1-13(2,3)11(7-8-14)16-12-6-5-10(17-4)9-15-12/h5-6,9,11H,7-8,14H2,1-4H3,(H,15,16). The predicted octanol–water partition coefficient (Wildman–Crippen LogP) is 2.27. The summed E-state index contributed by atoms with van der Waals surface area (Å²) in [5, 5.41) is 3.42. The molecule has 0 fully saturated rings. The van der Waals surface area contributed by atoms with Crippen LogP contribution in [0.1, 0.15) is 27.2 Å². The molecule has 1 rings (SSSR count). The lowest BCUT2D eigenvalue weighted by Gasteiger charge is -2.31. The van der Waals surface area contributed by atoms with E-state index in [0.29, 0.717) is 12.6 Å². The van der Waals surface area contributed by atoms with E-state index in [1.165, 1.54) is 0 Å². The number of rotatable bonds is 5. The summed E-state index contributed by atoms with van der Waals surface area (Å²) in [5.41, 5.74) is 5.80. The van der Waals surface area contributed by atoms with Crippen LogP contribution in [0.15, 0.2) is 18.3 Å². The number of hydrogen-bond acceptors (Lipinski definition) is 4. The SMILES string of the molecule is COc1ccc(NC(CCN)C(C)(C)C)nc1. The highest BCUT2D eigenvalue weighted by Crippen LogP contribution is 2.25. The summed E-state index contributed by atoms with van der Waals surface area (Å²) in [5.74, 6) is 1.63. The first-order valence-electron chi connectivity index (χ1n) is 5.94. The van der Waals surface area contributed by atoms with Crippen LogP contribution in [0.4, 0.5) is 5.82 Å². The first kappa shape index (κ1) is 13.8. The van der Waals surface area contributed by atoms with E-state index in [1.54, 1.807) is 13.3 Å². The topological polar surface area (TPSA) is 60.2 Å². The van der Waals surface area contributed by atoms with Crippen molar-refractivity contribution in [3.8, 4) is 5.75 Å². The van der Waals surface area contributed by atoms with Gasteiger partial charge in [0.15, 0.2) is 0 Å². The maximum absolute atomic E-state index is 5.64. The van der Waals surface area contributed by atoms with Gasteiger partial charge in [-0.2, -0.15) is 0 Å². The van der Waals surface area contributed by atoms with Crippen molar-refractivity contribution in [1.29, 1.82) is 0 Å². The van der Waals surface area contributed by atoms with E-state index in [1.807, 2.05) is 12.1 Å².